The summed E-state index contributed by atoms with van der Waals surface area (Å²) in [7, 11) is 0. The smallest absolute Gasteiger partial charge is 0.136 e. The molecule has 0 aliphatic rings. The summed E-state index contributed by atoms with van der Waals surface area (Å²) in [5.74, 6) is -1.48. The summed E-state index contributed by atoms with van der Waals surface area (Å²) < 4.78 is 42.7. The lowest BCUT2D eigenvalue weighted by atomic mass is 9.85. The molecule has 0 fully saturated rings. The maximum Gasteiger partial charge on any atom is 0.136 e. The Morgan fingerprint density at radius 3 is 2.35 bits per heavy atom. The van der Waals surface area contributed by atoms with Gasteiger partial charge in [-0.2, -0.15) is 0 Å². The fraction of sp³-hybridized carbons (Fsp3) is 0.444. The Labute approximate surface area is 155 Å². The average molecular weight is 383 g/mol. The van der Waals surface area contributed by atoms with Crippen LogP contribution in [0.25, 0.3) is 0 Å². The van der Waals surface area contributed by atoms with Crippen LogP contribution in [0.1, 0.15) is 51.3 Å². The van der Waals surface area contributed by atoms with Gasteiger partial charge in [-0.25, -0.2) is 18.7 Å². The highest BCUT2D eigenvalue weighted by Gasteiger charge is 2.40. The van der Waals surface area contributed by atoms with E-state index in [9.17, 15) is 18.4 Å². The van der Waals surface area contributed by atoms with E-state index in [-0.39, 0.29) is 12.0 Å². The van der Waals surface area contributed by atoms with Crippen LogP contribution in [0.4, 0.5) is 8.78 Å². The molecule has 3 atom stereocenters. The molecule has 26 heavy (non-hydrogen) atoms. The first-order chi connectivity index (χ1) is 12.0. The van der Waals surface area contributed by atoms with E-state index in [0.29, 0.717) is 5.56 Å². The maximum atomic E-state index is 14.5. The minimum Gasteiger partial charge on any atom is -0.598 e. The van der Waals surface area contributed by atoms with Gasteiger partial charge in [0.1, 0.15) is 22.7 Å². The van der Waals surface area contributed by atoms with Crippen molar-refractivity contribution in [1.82, 2.24) is 14.7 Å². The van der Waals surface area contributed by atoms with Crippen molar-refractivity contribution in [2.24, 2.45) is 0 Å². The number of hydrogen-bond donors (Lipinski definition) is 2. The Kier molecular flexibility index (Phi) is 6.33. The molecule has 8 heteroatoms. The van der Waals surface area contributed by atoms with Gasteiger partial charge in [-0.1, -0.05) is 6.07 Å². The molecule has 2 aromatic rings. The minimum atomic E-state index is -1.55. The number of rotatable bonds is 6. The molecule has 2 unspecified atom stereocenters. The number of nitrogens with one attached hydrogen (secondary N) is 1. The number of halogens is 2. The van der Waals surface area contributed by atoms with E-state index in [1.807, 2.05) is 0 Å². The van der Waals surface area contributed by atoms with Crippen LogP contribution in [-0.4, -0.2) is 24.4 Å². The second-order valence-corrected chi connectivity index (χ2v) is 9.30. The molecule has 0 saturated carbocycles. The quantitative estimate of drug-likeness (QED) is 0.749. The molecule has 0 spiro atoms. The van der Waals surface area contributed by atoms with Gasteiger partial charge in [-0.05, 0) is 33.8 Å². The van der Waals surface area contributed by atoms with Gasteiger partial charge in [0.25, 0.3) is 0 Å². The van der Waals surface area contributed by atoms with Gasteiger partial charge in [0.2, 0.25) is 0 Å². The summed E-state index contributed by atoms with van der Waals surface area (Å²) in [6, 6.07) is 3.20. The lowest BCUT2D eigenvalue weighted by Crippen LogP contribution is -2.51. The summed E-state index contributed by atoms with van der Waals surface area (Å²) >= 11 is -1.55. The third-order valence-electron chi connectivity index (χ3n) is 3.97. The molecule has 0 aliphatic heterocycles. The van der Waals surface area contributed by atoms with Crippen molar-refractivity contribution in [2.45, 2.75) is 50.5 Å². The van der Waals surface area contributed by atoms with Crippen LogP contribution < -0.4 is 4.72 Å². The zero-order chi connectivity index (χ0) is 19.5. The predicted octanol–water partition coefficient (Wildman–Crippen LogP) is 3.15. The molecule has 0 saturated heterocycles. The van der Waals surface area contributed by atoms with E-state index in [2.05, 4.69) is 14.7 Å². The Bertz CT molecular complexity index is 743. The number of aromatic nitrogens is 2. The number of aliphatic hydroxyl groups is 1. The van der Waals surface area contributed by atoms with Gasteiger partial charge in [0, 0.05) is 47.4 Å². The highest BCUT2D eigenvalue weighted by atomic mass is 32.2. The topological polar surface area (TPSA) is 81.1 Å². The molecule has 2 N–H and O–H groups in total. The minimum absolute atomic E-state index is 0.00918. The van der Waals surface area contributed by atoms with Gasteiger partial charge in [-0.15, -0.1) is 4.72 Å². The molecule has 0 amide bonds. The second kappa shape index (κ2) is 7.96. The van der Waals surface area contributed by atoms with Crippen LogP contribution in [0, 0.1) is 11.6 Å². The van der Waals surface area contributed by atoms with E-state index >= 15 is 0 Å². The number of benzene rings is 1. The summed E-state index contributed by atoms with van der Waals surface area (Å²) in [5.41, 5.74) is -0.650. The van der Waals surface area contributed by atoms with Gasteiger partial charge < -0.3 is 9.66 Å². The molecule has 0 aliphatic carbocycles. The van der Waals surface area contributed by atoms with Crippen LogP contribution in [0.5, 0.6) is 0 Å². The highest BCUT2D eigenvalue weighted by molar-refractivity contribution is 7.90. The standard InChI is InChI=1S/C18H23F2N3O2S/c1-17(2,3)26(25)23-18(4,14-6-5-13(19)7-15(14)20)8-16(24)12-9-21-11-22-10-12/h5-7,9-11,16,23-24H,8H2,1-4H3/t16-,18?,26?/m1/s1. The van der Waals surface area contributed by atoms with E-state index in [0.717, 1.165) is 12.1 Å². The first kappa shape index (κ1) is 20.7. The third kappa shape index (κ3) is 4.97. The van der Waals surface area contributed by atoms with Gasteiger partial charge in [0.05, 0.1) is 11.6 Å². The van der Waals surface area contributed by atoms with Crippen molar-refractivity contribution in [3.63, 3.8) is 0 Å². The number of aliphatic hydroxyl groups excluding tert-OH is 1. The van der Waals surface area contributed by atoms with E-state index in [1.54, 1.807) is 27.7 Å². The van der Waals surface area contributed by atoms with Gasteiger partial charge in [-0.3, -0.25) is 0 Å². The molecule has 0 radical (unpaired) electrons. The van der Waals surface area contributed by atoms with Crippen molar-refractivity contribution < 1.29 is 18.4 Å². The van der Waals surface area contributed by atoms with Crippen LogP contribution in [-0.2, 0) is 16.9 Å². The number of hydrogen-bond acceptors (Lipinski definition) is 5. The first-order valence-corrected chi connectivity index (χ1v) is 9.26. The first-order valence-electron chi connectivity index (χ1n) is 8.11. The van der Waals surface area contributed by atoms with Crippen molar-refractivity contribution in [1.29, 1.82) is 0 Å². The molecule has 1 aromatic heterocycles. The fourth-order valence-electron chi connectivity index (χ4n) is 2.49. The van der Waals surface area contributed by atoms with Gasteiger partial charge >= 0.3 is 0 Å². The number of nitrogens with zero attached hydrogens (tertiary/aromatic N) is 2. The highest BCUT2D eigenvalue weighted by Crippen LogP contribution is 2.35. The Balaban J connectivity index is 2.40. The van der Waals surface area contributed by atoms with Crippen molar-refractivity contribution in [3.8, 4) is 0 Å². The summed E-state index contributed by atoms with van der Waals surface area (Å²) in [5, 5.41) is 10.6. The van der Waals surface area contributed by atoms with Crippen molar-refractivity contribution in [3.05, 3.63) is 59.7 Å². The van der Waals surface area contributed by atoms with Crippen LogP contribution in [0.3, 0.4) is 0 Å². The second-order valence-electron chi connectivity index (χ2n) is 7.33. The lowest BCUT2D eigenvalue weighted by Gasteiger charge is -2.36. The SMILES string of the molecule is CC(C[C@@H](O)c1cncnc1)(N[S+]([O-])C(C)(C)C)c1ccc(F)cc1F. The Morgan fingerprint density at radius 1 is 1.19 bits per heavy atom. The molecular weight excluding hydrogens is 360 g/mol. The van der Waals surface area contributed by atoms with E-state index < -0.39 is 39.4 Å². The lowest BCUT2D eigenvalue weighted by molar-refractivity contribution is 0.129. The Morgan fingerprint density at radius 2 is 1.81 bits per heavy atom. The van der Waals surface area contributed by atoms with E-state index in [1.165, 1.54) is 24.8 Å². The average Bonchev–Trinajstić information content (AvgIpc) is 2.54. The normalized spacial score (nSPS) is 16.8. The van der Waals surface area contributed by atoms with Gasteiger partial charge in [0.15, 0.2) is 0 Å². The van der Waals surface area contributed by atoms with Crippen molar-refractivity contribution in [2.75, 3.05) is 0 Å². The largest absolute Gasteiger partial charge is 0.598 e. The third-order valence-corrected chi connectivity index (χ3v) is 5.71. The predicted molar refractivity (Wildman–Crippen MR) is 96.3 cm³/mol. The molecular formula is C18H23F2N3O2S. The molecule has 142 valence electrons. The van der Waals surface area contributed by atoms with Crippen LogP contribution in [0.2, 0.25) is 0 Å². The molecule has 1 heterocycles. The molecule has 2 rings (SSSR count). The zero-order valence-corrected chi connectivity index (χ0v) is 16.0. The zero-order valence-electron chi connectivity index (χ0n) is 15.2. The van der Waals surface area contributed by atoms with E-state index in [4.69, 9.17) is 0 Å². The van der Waals surface area contributed by atoms with Crippen molar-refractivity contribution >= 4 is 11.4 Å². The van der Waals surface area contributed by atoms with Crippen LogP contribution >= 0.6 is 0 Å². The maximum absolute atomic E-state index is 14.5. The monoisotopic (exact) mass is 383 g/mol. The molecule has 0 bridgehead atoms. The van der Waals surface area contributed by atoms with Crippen LogP contribution in [0.15, 0.2) is 36.9 Å². The summed E-state index contributed by atoms with van der Waals surface area (Å²) in [6.45, 7) is 6.96. The molecule has 1 aromatic carbocycles. The fourth-order valence-corrected chi connectivity index (χ4v) is 3.40. The molecule has 5 nitrogen and oxygen atoms in total. The summed E-state index contributed by atoms with van der Waals surface area (Å²) in [6.07, 6.45) is 3.21. The summed E-state index contributed by atoms with van der Waals surface area (Å²) in [4.78, 5) is 7.73. The Hall–Kier alpha value is -1.61.